The fourth-order valence-corrected chi connectivity index (χ4v) is 3.79. The molecule has 0 spiro atoms. The van der Waals surface area contributed by atoms with Crippen molar-refractivity contribution in [2.45, 2.75) is 51.1 Å². The van der Waals surface area contributed by atoms with Gasteiger partial charge in [-0.3, -0.25) is 0 Å². The van der Waals surface area contributed by atoms with Crippen LogP contribution >= 0.6 is 0 Å². The van der Waals surface area contributed by atoms with Crippen molar-refractivity contribution in [3.8, 4) is 0 Å². The average Bonchev–Trinajstić information content (AvgIpc) is 2.38. The Bertz CT molecular complexity index is 516. The monoisotopic (exact) mass is 295 g/mol. The molecule has 0 amide bonds. The Labute approximate surface area is 122 Å². The molecule has 1 aromatic rings. The van der Waals surface area contributed by atoms with Crippen LogP contribution in [0.5, 0.6) is 0 Å². The van der Waals surface area contributed by atoms with Gasteiger partial charge in [0.15, 0.2) is 0 Å². The van der Waals surface area contributed by atoms with Crippen LogP contribution in [0.2, 0.25) is 0 Å². The van der Waals surface area contributed by atoms with E-state index >= 15 is 0 Å². The molecule has 0 aliphatic heterocycles. The Morgan fingerprint density at radius 3 is 2.30 bits per heavy atom. The molecular formula is C16H25NO2S. The predicted octanol–water partition coefficient (Wildman–Crippen LogP) is 3.00. The average molecular weight is 295 g/mol. The number of hydrogen-bond acceptors (Lipinski definition) is 3. The van der Waals surface area contributed by atoms with Crippen molar-refractivity contribution >= 4 is 9.84 Å². The van der Waals surface area contributed by atoms with Crippen molar-refractivity contribution < 1.29 is 8.42 Å². The zero-order valence-electron chi connectivity index (χ0n) is 12.4. The van der Waals surface area contributed by atoms with Gasteiger partial charge < -0.3 is 5.32 Å². The molecule has 0 aromatic heterocycles. The molecule has 0 bridgehead atoms. The summed E-state index contributed by atoms with van der Waals surface area (Å²) in [6, 6.07) is 8.55. The molecule has 1 unspecified atom stereocenters. The van der Waals surface area contributed by atoms with Crippen LogP contribution in [0.15, 0.2) is 24.3 Å². The Balaban J connectivity index is 2.13. The van der Waals surface area contributed by atoms with Crippen LogP contribution in [-0.4, -0.2) is 26.5 Å². The molecule has 1 aliphatic rings. The largest absolute Gasteiger partial charge is 0.306 e. The van der Waals surface area contributed by atoms with E-state index in [2.05, 4.69) is 5.32 Å². The third-order valence-electron chi connectivity index (χ3n) is 3.99. The SMILES string of the molecule is Cc1ccc(C(CS(C)(=O)=O)NC2CCCCC2)cc1. The Morgan fingerprint density at radius 2 is 1.75 bits per heavy atom. The van der Waals surface area contributed by atoms with Crippen LogP contribution in [0.1, 0.15) is 49.3 Å². The Kier molecular flexibility index (Phi) is 5.22. The maximum absolute atomic E-state index is 11.7. The summed E-state index contributed by atoms with van der Waals surface area (Å²) in [5, 5.41) is 3.57. The van der Waals surface area contributed by atoms with Gasteiger partial charge in [-0.25, -0.2) is 8.42 Å². The van der Waals surface area contributed by atoms with E-state index in [-0.39, 0.29) is 11.8 Å². The summed E-state index contributed by atoms with van der Waals surface area (Å²) in [5.41, 5.74) is 2.27. The lowest BCUT2D eigenvalue weighted by molar-refractivity contribution is 0.347. The van der Waals surface area contributed by atoms with E-state index in [1.54, 1.807) is 0 Å². The standard InChI is InChI=1S/C16H25NO2S/c1-13-8-10-14(11-9-13)16(12-20(2,18)19)17-15-6-4-3-5-7-15/h8-11,15-17H,3-7,12H2,1-2H3. The molecule has 112 valence electrons. The number of rotatable bonds is 5. The summed E-state index contributed by atoms with van der Waals surface area (Å²) in [7, 11) is -2.99. The first-order valence-corrected chi connectivity index (χ1v) is 9.50. The van der Waals surface area contributed by atoms with Gasteiger partial charge in [0.1, 0.15) is 9.84 Å². The molecule has 1 N–H and O–H groups in total. The van der Waals surface area contributed by atoms with Crippen molar-refractivity contribution in [1.82, 2.24) is 5.32 Å². The van der Waals surface area contributed by atoms with Crippen LogP contribution in [0, 0.1) is 6.92 Å². The minimum atomic E-state index is -2.99. The second-order valence-electron chi connectivity index (χ2n) is 6.06. The molecule has 0 heterocycles. The summed E-state index contributed by atoms with van der Waals surface area (Å²) in [5.74, 6) is 0.173. The molecule has 1 aromatic carbocycles. The van der Waals surface area contributed by atoms with E-state index in [4.69, 9.17) is 0 Å². The number of benzene rings is 1. The zero-order chi connectivity index (χ0) is 14.6. The number of nitrogens with one attached hydrogen (secondary N) is 1. The molecule has 2 rings (SSSR count). The highest BCUT2D eigenvalue weighted by Crippen LogP contribution is 2.23. The first-order chi connectivity index (χ1) is 9.44. The molecule has 20 heavy (non-hydrogen) atoms. The topological polar surface area (TPSA) is 46.2 Å². The Morgan fingerprint density at radius 1 is 1.15 bits per heavy atom. The summed E-state index contributed by atoms with van der Waals surface area (Å²) in [6.45, 7) is 2.05. The van der Waals surface area contributed by atoms with E-state index in [0.29, 0.717) is 6.04 Å². The lowest BCUT2D eigenvalue weighted by Crippen LogP contribution is -2.37. The molecule has 1 atom stereocenters. The van der Waals surface area contributed by atoms with E-state index in [0.717, 1.165) is 18.4 Å². The summed E-state index contributed by atoms with van der Waals surface area (Å²) in [4.78, 5) is 0. The maximum Gasteiger partial charge on any atom is 0.149 e. The van der Waals surface area contributed by atoms with Crippen molar-refractivity contribution in [3.05, 3.63) is 35.4 Å². The van der Waals surface area contributed by atoms with Gasteiger partial charge in [0.25, 0.3) is 0 Å². The Hall–Kier alpha value is -0.870. The highest BCUT2D eigenvalue weighted by Gasteiger charge is 2.22. The van der Waals surface area contributed by atoms with Crippen molar-refractivity contribution in [3.63, 3.8) is 0 Å². The van der Waals surface area contributed by atoms with Crippen molar-refractivity contribution in [1.29, 1.82) is 0 Å². The van der Waals surface area contributed by atoms with Crippen LogP contribution < -0.4 is 5.32 Å². The third-order valence-corrected chi connectivity index (χ3v) is 4.93. The molecule has 0 saturated heterocycles. The zero-order valence-corrected chi connectivity index (χ0v) is 13.2. The van der Waals surface area contributed by atoms with Gasteiger partial charge in [-0.15, -0.1) is 0 Å². The number of aryl methyl sites for hydroxylation is 1. The number of sulfone groups is 1. The third kappa shape index (κ3) is 4.91. The van der Waals surface area contributed by atoms with E-state index in [9.17, 15) is 8.42 Å². The van der Waals surface area contributed by atoms with Gasteiger partial charge in [0, 0.05) is 18.3 Å². The highest BCUT2D eigenvalue weighted by molar-refractivity contribution is 7.90. The van der Waals surface area contributed by atoms with Gasteiger partial charge >= 0.3 is 0 Å². The van der Waals surface area contributed by atoms with Gasteiger partial charge in [0.2, 0.25) is 0 Å². The molecule has 1 aliphatic carbocycles. The minimum absolute atomic E-state index is 0.0892. The molecular weight excluding hydrogens is 270 g/mol. The molecule has 1 fully saturated rings. The molecule has 1 saturated carbocycles. The lowest BCUT2D eigenvalue weighted by atomic mass is 9.94. The lowest BCUT2D eigenvalue weighted by Gasteiger charge is -2.28. The van der Waals surface area contributed by atoms with Crippen LogP contribution in [0.4, 0.5) is 0 Å². The van der Waals surface area contributed by atoms with Crippen molar-refractivity contribution in [2.75, 3.05) is 12.0 Å². The quantitative estimate of drug-likeness (QED) is 0.908. The van der Waals surface area contributed by atoms with E-state index < -0.39 is 9.84 Å². The first kappa shape index (κ1) is 15.5. The van der Waals surface area contributed by atoms with Gasteiger partial charge in [-0.1, -0.05) is 49.1 Å². The molecule has 3 nitrogen and oxygen atoms in total. The predicted molar refractivity (Wildman–Crippen MR) is 83.6 cm³/mol. The van der Waals surface area contributed by atoms with E-state index in [1.807, 2.05) is 31.2 Å². The van der Waals surface area contributed by atoms with Crippen LogP contribution in [-0.2, 0) is 9.84 Å². The highest BCUT2D eigenvalue weighted by atomic mass is 32.2. The summed E-state index contributed by atoms with van der Waals surface area (Å²) < 4.78 is 23.4. The van der Waals surface area contributed by atoms with Crippen molar-refractivity contribution in [2.24, 2.45) is 0 Å². The van der Waals surface area contributed by atoms with E-state index in [1.165, 1.54) is 31.1 Å². The second kappa shape index (κ2) is 6.72. The van der Waals surface area contributed by atoms with Crippen LogP contribution in [0.25, 0.3) is 0 Å². The minimum Gasteiger partial charge on any atom is -0.306 e. The smallest absolute Gasteiger partial charge is 0.149 e. The molecule has 0 radical (unpaired) electrons. The fourth-order valence-electron chi connectivity index (χ4n) is 2.90. The normalized spacial score (nSPS) is 18.9. The summed E-state index contributed by atoms with van der Waals surface area (Å²) in [6.07, 6.45) is 7.43. The molecule has 4 heteroatoms. The van der Waals surface area contributed by atoms with Crippen LogP contribution in [0.3, 0.4) is 0 Å². The first-order valence-electron chi connectivity index (χ1n) is 7.44. The van der Waals surface area contributed by atoms with Gasteiger partial charge in [-0.05, 0) is 25.3 Å². The maximum atomic E-state index is 11.7. The van der Waals surface area contributed by atoms with Gasteiger partial charge in [0.05, 0.1) is 5.75 Å². The second-order valence-corrected chi connectivity index (χ2v) is 8.24. The number of hydrogen-bond donors (Lipinski definition) is 1. The fraction of sp³-hybridized carbons (Fsp3) is 0.625. The summed E-state index contributed by atoms with van der Waals surface area (Å²) >= 11 is 0. The van der Waals surface area contributed by atoms with Gasteiger partial charge in [-0.2, -0.15) is 0 Å².